The lowest BCUT2D eigenvalue weighted by Gasteiger charge is -2.26. The molecule has 0 radical (unpaired) electrons. The Labute approximate surface area is 162 Å². The van der Waals surface area contributed by atoms with Crippen molar-refractivity contribution in [3.05, 3.63) is 65.2 Å². The van der Waals surface area contributed by atoms with Gasteiger partial charge in [0.2, 0.25) is 15.9 Å². The Bertz CT molecular complexity index is 855. The van der Waals surface area contributed by atoms with Crippen molar-refractivity contribution < 1.29 is 13.2 Å². The van der Waals surface area contributed by atoms with Crippen LogP contribution in [-0.2, 0) is 21.4 Å². The van der Waals surface area contributed by atoms with Gasteiger partial charge in [-0.05, 0) is 45.4 Å². The topological polar surface area (TPSA) is 57.7 Å². The van der Waals surface area contributed by atoms with Gasteiger partial charge in [-0.3, -0.25) is 4.79 Å². The second-order valence-electron chi connectivity index (χ2n) is 6.64. The van der Waals surface area contributed by atoms with E-state index in [0.717, 1.165) is 16.7 Å². The third-order valence-corrected chi connectivity index (χ3v) is 6.37. The fourth-order valence-corrected chi connectivity index (χ4v) is 4.19. The molecule has 0 aromatic heterocycles. The summed E-state index contributed by atoms with van der Waals surface area (Å²) in [6, 6.07) is 14.4. The fraction of sp³-hybridized carbons (Fsp3) is 0.381. The third kappa shape index (κ3) is 5.40. The predicted molar refractivity (Wildman–Crippen MR) is 108 cm³/mol. The predicted octanol–water partition coefficient (Wildman–Crippen LogP) is 3.36. The molecule has 6 heteroatoms. The normalized spacial score (nSPS) is 11.6. The second-order valence-corrected chi connectivity index (χ2v) is 8.58. The molecule has 0 heterocycles. The van der Waals surface area contributed by atoms with Crippen molar-refractivity contribution in [2.45, 2.75) is 39.1 Å². The van der Waals surface area contributed by atoms with E-state index in [-0.39, 0.29) is 23.9 Å². The molecule has 2 rings (SSSR count). The first-order chi connectivity index (χ1) is 12.8. The van der Waals surface area contributed by atoms with E-state index in [1.807, 2.05) is 52.0 Å². The van der Waals surface area contributed by atoms with Crippen LogP contribution in [-0.4, -0.2) is 43.2 Å². The molecule has 0 unspecified atom stereocenters. The van der Waals surface area contributed by atoms with E-state index in [4.69, 9.17) is 0 Å². The molecule has 0 fully saturated rings. The molecule has 0 aliphatic heterocycles. The Kier molecular flexibility index (Phi) is 7.16. The molecule has 0 saturated carbocycles. The zero-order chi connectivity index (χ0) is 20.0. The van der Waals surface area contributed by atoms with Gasteiger partial charge in [-0.15, -0.1) is 0 Å². The number of amides is 1. The average Bonchev–Trinajstić information content (AvgIpc) is 2.64. The SMILES string of the molecule is CCN(CC)C(=O)CN(Cc1ccc(C)cc1)S(=O)(=O)c1ccc(C)cc1. The van der Waals surface area contributed by atoms with Crippen LogP contribution in [0.25, 0.3) is 0 Å². The molecule has 2 aromatic carbocycles. The summed E-state index contributed by atoms with van der Waals surface area (Å²) in [5.74, 6) is -0.192. The summed E-state index contributed by atoms with van der Waals surface area (Å²) in [5, 5.41) is 0. The first-order valence-electron chi connectivity index (χ1n) is 9.18. The number of carbonyl (C=O) groups is 1. The third-order valence-electron chi connectivity index (χ3n) is 4.57. The van der Waals surface area contributed by atoms with Gasteiger partial charge in [0.1, 0.15) is 0 Å². The van der Waals surface area contributed by atoms with Crippen LogP contribution in [0.5, 0.6) is 0 Å². The Morgan fingerprint density at radius 2 is 1.33 bits per heavy atom. The van der Waals surface area contributed by atoms with Gasteiger partial charge in [0.05, 0.1) is 11.4 Å². The Morgan fingerprint density at radius 1 is 0.852 bits per heavy atom. The van der Waals surface area contributed by atoms with Gasteiger partial charge >= 0.3 is 0 Å². The number of sulfonamides is 1. The van der Waals surface area contributed by atoms with Crippen LogP contribution in [0.1, 0.15) is 30.5 Å². The number of likely N-dealkylation sites (N-methyl/N-ethyl adjacent to an activating group) is 1. The monoisotopic (exact) mass is 388 g/mol. The number of benzene rings is 2. The molecule has 0 aliphatic rings. The van der Waals surface area contributed by atoms with E-state index >= 15 is 0 Å². The largest absolute Gasteiger partial charge is 0.342 e. The molecule has 0 bridgehead atoms. The molecule has 2 aromatic rings. The van der Waals surface area contributed by atoms with Gasteiger partial charge in [-0.2, -0.15) is 4.31 Å². The van der Waals surface area contributed by atoms with Crippen LogP contribution in [0, 0.1) is 13.8 Å². The highest BCUT2D eigenvalue weighted by Crippen LogP contribution is 2.19. The van der Waals surface area contributed by atoms with Crippen LogP contribution in [0.2, 0.25) is 0 Å². The molecule has 27 heavy (non-hydrogen) atoms. The Morgan fingerprint density at radius 3 is 1.81 bits per heavy atom. The molecule has 0 saturated heterocycles. The molecular formula is C21H28N2O3S. The van der Waals surface area contributed by atoms with Crippen molar-refractivity contribution in [1.82, 2.24) is 9.21 Å². The lowest BCUT2D eigenvalue weighted by atomic mass is 10.1. The number of carbonyl (C=O) groups excluding carboxylic acids is 1. The average molecular weight is 389 g/mol. The lowest BCUT2D eigenvalue weighted by molar-refractivity contribution is -0.131. The van der Waals surface area contributed by atoms with Crippen molar-refractivity contribution in [3.8, 4) is 0 Å². The summed E-state index contributed by atoms with van der Waals surface area (Å²) in [6.45, 7) is 8.76. The molecule has 0 N–H and O–H groups in total. The summed E-state index contributed by atoms with van der Waals surface area (Å²) in [5.41, 5.74) is 2.94. The summed E-state index contributed by atoms with van der Waals surface area (Å²) in [7, 11) is -3.79. The molecule has 0 atom stereocenters. The zero-order valence-electron chi connectivity index (χ0n) is 16.5. The van der Waals surface area contributed by atoms with Crippen LogP contribution in [0.15, 0.2) is 53.4 Å². The number of nitrogens with zero attached hydrogens (tertiary/aromatic N) is 2. The molecule has 0 spiro atoms. The highest BCUT2D eigenvalue weighted by Gasteiger charge is 2.28. The summed E-state index contributed by atoms with van der Waals surface area (Å²) >= 11 is 0. The number of rotatable bonds is 8. The van der Waals surface area contributed by atoms with Crippen molar-refractivity contribution >= 4 is 15.9 Å². The first-order valence-corrected chi connectivity index (χ1v) is 10.6. The molecule has 0 aliphatic carbocycles. The molecule has 1 amide bonds. The van der Waals surface area contributed by atoms with E-state index < -0.39 is 10.0 Å². The van der Waals surface area contributed by atoms with Crippen molar-refractivity contribution in [3.63, 3.8) is 0 Å². The molecule has 5 nitrogen and oxygen atoms in total. The van der Waals surface area contributed by atoms with Gasteiger partial charge < -0.3 is 4.90 Å². The molecular weight excluding hydrogens is 360 g/mol. The maximum Gasteiger partial charge on any atom is 0.243 e. The highest BCUT2D eigenvalue weighted by molar-refractivity contribution is 7.89. The zero-order valence-corrected chi connectivity index (χ0v) is 17.3. The van der Waals surface area contributed by atoms with Crippen LogP contribution in [0.4, 0.5) is 0 Å². The minimum Gasteiger partial charge on any atom is -0.342 e. The van der Waals surface area contributed by atoms with E-state index in [2.05, 4.69) is 0 Å². The van der Waals surface area contributed by atoms with Crippen molar-refractivity contribution in [2.24, 2.45) is 0 Å². The fourth-order valence-electron chi connectivity index (χ4n) is 2.81. The molecule has 146 valence electrons. The van der Waals surface area contributed by atoms with Crippen LogP contribution in [0.3, 0.4) is 0 Å². The number of hydrogen-bond donors (Lipinski definition) is 0. The van der Waals surface area contributed by atoms with E-state index in [1.165, 1.54) is 4.31 Å². The quantitative estimate of drug-likeness (QED) is 0.697. The standard InChI is InChI=1S/C21H28N2O3S/c1-5-22(6-2)21(24)16-23(15-19-11-7-17(3)8-12-19)27(25,26)20-13-9-18(4)10-14-20/h7-14H,5-6,15-16H2,1-4H3. The van der Waals surface area contributed by atoms with Crippen LogP contribution < -0.4 is 0 Å². The first kappa shape index (κ1) is 21.1. The number of aryl methyl sites for hydroxylation is 2. The van der Waals surface area contributed by atoms with Gasteiger partial charge in [0.25, 0.3) is 0 Å². The van der Waals surface area contributed by atoms with Crippen molar-refractivity contribution in [1.29, 1.82) is 0 Å². The van der Waals surface area contributed by atoms with Crippen molar-refractivity contribution in [2.75, 3.05) is 19.6 Å². The summed E-state index contributed by atoms with van der Waals surface area (Å²) < 4.78 is 27.7. The van der Waals surface area contributed by atoms with Gasteiger partial charge in [-0.1, -0.05) is 47.5 Å². The van der Waals surface area contributed by atoms with E-state index in [0.29, 0.717) is 13.1 Å². The summed E-state index contributed by atoms with van der Waals surface area (Å²) in [4.78, 5) is 14.5. The maximum absolute atomic E-state index is 13.2. The van der Waals surface area contributed by atoms with Gasteiger partial charge in [0, 0.05) is 19.6 Å². The van der Waals surface area contributed by atoms with Crippen LogP contribution >= 0.6 is 0 Å². The van der Waals surface area contributed by atoms with E-state index in [9.17, 15) is 13.2 Å². The number of hydrogen-bond acceptors (Lipinski definition) is 3. The minimum absolute atomic E-state index is 0.156. The highest BCUT2D eigenvalue weighted by atomic mass is 32.2. The Hall–Kier alpha value is -2.18. The van der Waals surface area contributed by atoms with Gasteiger partial charge in [-0.25, -0.2) is 8.42 Å². The van der Waals surface area contributed by atoms with Gasteiger partial charge in [0.15, 0.2) is 0 Å². The summed E-state index contributed by atoms with van der Waals surface area (Å²) in [6.07, 6.45) is 0. The maximum atomic E-state index is 13.2. The Balaban J connectivity index is 2.36. The lowest BCUT2D eigenvalue weighted by Crippen LogP contribution is -2.42. The minimum atomic E-state index is -3.79. The smallest absolute Gasteiger partial charge is 0.243 e. The van der Waals surface area contributed by atoms with E-state index in [1.54, 1.807) is 29.2 Å². The second kappa shape index (κ2) is 9.15.